The quantitative estimate of drug-likeness (QED) is 0.140. The molecule has 0 bridgehead atoms. The van der Waals surface area contributed by atoms with Gasteiger partial charge in [0.15, 0.2) is 6.29 Å². The van der Waals surface area contributed by atoms with E-state index in [-0.39, 0.29) is 0 Å². The highest BCUT2D eigenvalue weighted by Gasteiger charge is 2.59. The van der Waals surface area contributed by atoms with Crippen LogP contribution in [-0.4, -0.2) is 134 Å². The predicted octanol–water partition coefficient (Wildman–Crippen LogP) is -4.76. The van der Waals surface area contributed by atoms with Gasteiger partial charge in [-0.1, -0.05) is 0 Å². The van der Waals surface area contributed by atoms with Crippen LogP contribution in [-0.2, 0) is 23.7 Å². The fourth-order valence-corrected chi connectivity index (χ4v) is 3.75. The third kappa shape index (κ3) is 5.85. The van der Waals surface area contributed by atoms with Gasteiger partial charge in [-0.15, -0.1) is 0 Å². The summed E-state index contributed by atoms with van der Waals surface area (Å²) in [6, 6.07) is -0.978. The molecule has 9 N–H and O–H groups in total. The maximum atomic E-state index is 12.2. The number of rotatable bonds is 10. The Hall–Kier alpha value is -0.620. The van der Waals surface area contributed by atoms with E-state index in [1.54, 1.807) is 0 Å². The molecule has 31 heavy (non-hydrogen) atoms. The summed E-state index contributed by atoms with van der Waals surface area (Å²) in [6.45, 7) is -2.26. The van der Waals surface area contributed by atoms with Gasteiger partial charge in [0, 0.05) is 0 Å². The van der Waals surface area contributed by atoms with Gasteiger partial charge in [-0.25, -0.2) is 0 Å². The fraction of sp³-hybridized carbons (Fsp3) is 0.941. The van der Waals surface area contributed by atoms with Crippen molar-refractivity contribution in [2.24, 2.45) is 5.73 Å². The van der Waals surface area contributed by atoms with Gasteiger partial charge >= 0.3 is 5.97 Å². The number of carbonyl (C=O) groups is 1. The first-order valence-electron chi connectivity index (χ1n) is 9.66. The van der Waals surface area contributed by atoms with Crippen molar-refractivity contribution in [2.45, 2.75) is 67.3 Å². The molecule has 2 fully saturated rings. The van der Waals surface area contributed by atoms with E-state index in [2.05, 4.69) is 0 Å². The Kier molecular flexibility index (Phi) is 9.87. The molecule has 0 spiro atoms. The zero-order chi connectivity index (χ0) is 23.3. The number of nitrogens with two attached hydrogens (primary N) is 1. The Morgan fingerprint density at radius 3 is 2.26 bits per heavy atom. The van der Waals surface area contributed by atoms with Crippen LogP contribution in [0.25, 0.3) is 0 Å². The Morgan fingerprint density at radius 2 is 1.71 bits per heavy atom. The highest BCUT2D eigenvalue weighted by molar-refractivity contribution is 7.98. The van der Waals surface area contributed by atoms with E-state index < -0.39 is 86.6 Å². The number of aliphatic hydroxyl groups excluding tert-OH is 7. The SMILES string of the molecule is CSCC[C@H](N)C(=O)OC[C@@]1(O[C@H]2O[C@H](CO)[C@@H](O)[C@H](O)[C@H]2O)O[C@H](CO)[C@@H](O)[C@@H]1O. The molecular weight excluding hydrogens is 442 g/mol. The highest BCUT2D eigenvalue weighted by Crippen LogP contribution is 2.36. The summed E-state index contributed by atoms with van der Waals surface area (Å²) in [5.74, 6) is -2.56. The smallest absolute Gasteiger partial charge is 0.323 e. The van der Waals surface area contributed by atoms with Gasteiger partial charge < -0.3 is 60.4 Å². The summed E-state index contributed by atoms with van der Waals surface area (Å²) in [6.07, 6.45) is -11.1. The van der Waals surface area contributed by atoms with Crippen molar-refractivity contribution in [2.75, 3.05) is 31.8 Å². The summed E-state index contributed by atoms with van der Waals surface area (Å²) in [5, 5.41) is 69.4. The minimum absolute atomic E-state index is 0.311. The van der Waals surface area contributed by atoms with E-state index in [4.69, 9.17) is 24.7 Å². The van der Waals surface area contributed by atoms with Gasteiger partial charge in [0.05, 0.1) is 13.2 Å². The molecule has 14 heteroatoms. The monoisotopic (exact) mass is 473 g/mol. The van der Waals surface area contributed by atoms with Gasteiger partial charge in [-0.2, -0.15) is 11.8 Å². The third-order valence-electron chi connectivity index (χ3n) is 5.20. The van der Waals surface area contributed by atoms with Crippen LogP contribution in [0, 0.1) is 0 Å². The molecule has 10 atom stereocenters. The summed E-state index contributed by atoms with van der Waals surface area (Å²) < 4.78 is 21.3. The molecule has 0 aliphatic carbocycles. The van der Waals surface area contributed by atoms with Gasteiger partial charge in [0.25, 0.3) is 0 Å². The summed E-state index contributed by atoms with van der Waals surface area (Å²) in [4.78, 5) is 12.2. The Labute approximate surface area is 182 Å². The van der Waals surface area contributed by atoms with E-state index in [1.807, 2.05) is 6.26 Å². The first-order chi connectivity index (χ1) is 14.6. The van der Waals surface area contributed by atoms with E-state index in [0.717, 1.165) is 0 Å². The summed E-state index contributed by atoms with van der Waals surface area (Å²) in [5.41, 5.74) is 5.75. The first kappa shape index (κ1) is 26.6. The number of thioether (sulfide) groups is 1. The summed E-state index contributed by atoms with van der Waals surface area (Å²) >= 11 is 1.47. The molecule has 0 amide bonds. The number of aliphatic hydroxyl groups is 7. The van der Waals surface area contributed by atoms with E-state index in [1.165, 1.54) is 11.8 Å². The average molecular weight is 473 g/mol. The molecule has 0 aromatic heterocycles. The van der Waals surface area contributed by atoms with Crippen LogP contribution in [0.4, 0.5) is 0 Å². The molecule has 0 radical (unpaired) electrons. The highest BCUT2D eigenvalue weighted by atomic mass is 32.2. The molecule has 2 heterocycles. The van der Waals surface area contributed by atoms with Crippen LogP contribution in [0.15, 0.2) is 0 Å². The van der Waals surface area contributed by atoms with Crippen molar-refractivity contribution < 1.29 is 59.5 Å². The Bertz CT molecular complexity index is 585. The van der Waals surface area contributed by atoms with E-state index in [0.29, 0.717) is 12.2 Å². The van der Waals surface area contributed by atoms with Gasteiger partial charge in [0.2, 0.25) is 5.79 Å². The Morgan fingerprint density at radius 1 is 1.06 bits per heavy atom. The standard InChI is InChI=1S/C17H31NO12S/c1-31-3-2-7(18)15(26)27-6-17(14(25)11(22)9(5-20)29-17)30-16-13(24)12(23)10(21)8(4-19)28-16/h7-14,16,19-25H,2-6,18H2,1H3/t7-,8+,9+,10+,11+,12-,13+,14-,16+,17-/m0/s1. The maximum Gasteiger partial charge on any atom is 0.323 e. The normalized spacial score (nSPS) is 41.8. The van der Waals surface area contributed by atoms with Crippen molar-refractivity contribution in [1.82, 2.24) is 0 Å². The Balaban J connectivity index is 2.20. The lowest BCUT2D eigenvalue weighted by molar-refractivity contribution is -0.383. The lowest BCUT2D eigenvalue weighted by Gasteiger charge is -2.43. The number of hydrogen-bond acceptors (Lipinski definition) is 14. The number of hydrogen-bond donors (Lipinski definition) is 8. The molecule has 0 aromatic rings. The number of esters is 1. The number of carbonyl (C=O) groups excluding carboxylic acids is 1. The second-order valence-corrected chi connectivity index (χ2v) is 8.38. The second kappa shape index (κ2) is 11.5. The molecule has 0 unspecified atom stereocenters. The van der Waals surface area contributed by atoms with Crippen molar-refractivity contribution in [3.63, 3.8) is 0 Å². The minimum atomic E-state index is -2.31. The third-order valence-corrected chi connectivity index (χ3v) is 5.85. The van der Waals surface area contributed by atoms with E-state index in [9.17, 15) is 40.5 Å². The van der Waals surface area contributed by atoms with Gasteiger partial charge in [-0.3, -0.25) is 4.79 Å². The maximum absolute atomic E-state index is 12.2. The summed E-state index contributed by atoms with van der Waals surface area (Å²) in [7, 11) is 0. The van der Waals surface area contributed by atoms with Crippen LogP contribution >= 0.6 is 11.8 Å². The minimum Gasteiger partial charge on any atom is -0.459 e. The lowest BCUT2D eigenvalue weighted by atomic mass is 9.99. The predicted molar refractivity (Wildman–Crippen MR) is 103 cm³/mol. The largest absolute Gasteiger partial charge is 0.459 e. The van der Waals surface area contributed by atoms with Crippen LogP contribution in [0.1, 0.15) is 6.42 Å². The zero-order valence-electron chi connectivity index (χ0n) is 16.9. The molecule has 2 aliphatic heterocycles. The molecule has 2 rings (SSSR count). The fourth-order valence-electron chi connectivity index (χ4n) is 3.26. The van der Waals surface area contributed by atoms with Crippen molar-refractivity contribution in [3.8, 4) is 0 Å². The topological polar surface area (TPSA) is 222 Å². The van der Waals surface area contributed by atoms with Crippen LogP contribution in [0.3, 0.4) is 0 Å². The van der Waals surface area contributed by atoms with Crippen LogP contribution in [0.5, 0.6) is 0 Å². The number of ether oxygens (including phenoxy) is 4. The average Bonchev–Trinajstić information content (AvgIpc) is 3.00. The molecule has 0 saturated carbocycles. The van der Waals surface area contributed by atoms with Crippen LogP contribution < -0.4 is 5.73 Å². The van der Waals surface area contributed by atoms with Crippen molar-refractivity contribution in [1.29, 1.82) is 0 Å². The zero-order valence-corrected chi connectivity index (χ0v) is 17.7. The van der Waals surface area contributed by atoms with Gasteiger partial charge in [-0.05, 0) is 18.4 Å². The molecular formula is C17H31NO12S. The molecule has 182 valence electrons. The molecule has 13 nitrogen and oxygen atoms in total. The van der Waals surface area contributed by atoms with Crippen molar-refractivity contribution in [3.05, 3.63) is 0 Å². The molecule has 2 aliphatic rings. The van der Waals surface area contributed by atoms with Gasteiger partial charge in [0.1, 0.15) is 55.4 Å². The molecule has 0 aromatic carbocycles. The molecule has 2 saturated heterocycles. The van der Waals surface area contributed by atoms with Crippen molar-refractivity contribution >= 4 is 17.7 Å². The lowest BCUT2D eigenvalue weighted by Crippen LogP contribution is -2.63. The first-order valence-corrected chi connectivity index (χ1v) is 11.1. The van der Waals surface area contributed by atoms with E-state index >= 15 is 0 Å². The van der Waals surface area contributed by atoms with Crippen LogP contribution in [0.2, 0.25) is 0 Å². The second-order valence-electron chi connectivity index (χ2n) is 7.40.